The van der Waals surface area contributed by atoms with E-state index in [0.717, 1.165) is 31.7 Å². The minimum Gasteiger partial charge on any atom is -0.481 e. The Morgan fingerprint density at radius 1 is 1.40 bits per heavy atom. The average Bonchev–Trinajstić information content (AvgIpc) is 2.30. The predicted octanol–water partition coefficient (Wildman–Crippen LogP) is 0.446. The second kappa shape index (κ2) is 4.44. The summed E-state index contributed by atoms with van der Waals surface area (Å²) >= 11 is 0. The molecule has 0 aliphatic carbocycles. The van der Waals surface area contributed by atoms with E-state index in [1.807, 2.05) is 6.07 Å². The molecule has 0 aromatic carbocycles. The molecule has 82 valence electrons. The summed E-state index contributed by atoms with van der Waals surface area (Å²) in [6, 6.07) is 1.82. The van der Waals surface area contributed by atoms with Crippen LogP contribution in [0.3, 0.4) is 0 Å². The fourth-order valence-corrected chi connectivity index (χ4v) is 1.71. The molecule has 0 amide bonds. The maximum Gasteiger partial charge on any atom is 0.218 e. The van der Waals surface area contributed by atoms with Crippen LogP contribution in [0.2, 0.25) is 0 Å². The van der Waals surface area contributed by atoms with Crippen LogP contribution in [0.1, 0.15) is 12.8 Å². The van der Waals surface area contributed by atoms with Gasteiger partial charge in [-0.15, -0.1) is 0 Å². The number of rotatable bonds is 2. The molecule has 0 radical (unpaired) electrons. The van der Waals surface area contributed by atoms with E-state index in [0.29, 0.717) is 5.88 Å². The fourth-order valence-electron chi connectivity index (χ4n) is 1.71. The van der Waals surface area contributed by atoms with Crippen LogP contribution in [-0.4, -0.2) is 41.4 Å². The maximum atomic E-state index is 9.39. The molecule has 1 aliphatic heterocycles. The van der Waals surface area contributed by atoms with Crippen LogP contribution < -0.4 is 9.64 Å². The smallest absolute Gasteiger partial charge is 0.218 e. The van der Waals surface area contributed by atoms with E-state index in [9.17, 15) is 5.11 Å². The molecule has 2 rings (SSSR count). The summed E-state index contributed by atoms with van der Waals surface area (Å²) in [5, 5.41) is 9.39. The van der Waals surface area contributed by atoms with Gasteiger partial charge in [-0.1, -0.05) is 0 Å². The Kier molecular flexibility index (Phi) is 3.01. The summed E-state index contributed by atoms with van der Waals surface area (Å²) in [7, 11) is 1.59. The molecule has 0 saturated carbocycles. The molecule has 1 saturated heterocycles. The lowest BCUT2D eigenvalue weighted by Crippen LogP contribution is -2.36. The first-order valence-corrected chi connectivity index (χ1v) is 5.08. The van der Waals surface area contributed by atoms with Crippen LogP contribution in [-0.2, 0) is 0 Å². The topological polar surface area (TPSA) is 58.5 Å². The summed E-state index contributed by atoms with van der Waals surface area (Å²) in [6.07, 6.45) is 2.93. The zero-order chi connectivity index (χ0) is 10.7. The standard InChI is InChI=1S/C10H15N3O2/c1-15-10-6-9(11-7-12-10)13-4-2-8(14)3-5-13/h6-8,14H,2-5H2,1H3. The van der Waals surface area contributed by atoms with Gasteiger partial charge in [0.2, 0.25) is 5.88 Å². The highest BCUT2D eigenvalue weighted by molar-refractivity contribution is 5.41. The first-order chi connectivity index (χ1) is 7.29. The Bertz CT molecular complexity index is 324. The number of hydrogen-bond acceptors (Lipinski definition) is 5. The molecule has 1 fully saturated rings. The van der Waals surface area contributed by atoms with Gasteiger partial charge >= 0.3 is 0 Å². The molecule has 0 unspecified atom stereocenters. The van der Waals surface area contributed by atoms with Crippen molar-refractivity contribution in [1.82, 2.24) is 9.97 Å². The first kappa shape index (κ1) is 10.2. The number of anilines is 1. The van der Waals surface area contributed by atoms with Crippen LogP contribution in [0.5, 0.6) is 5.88 Å². The minimum absolute atomic E-state index is 0.162. The third-order valence-corrected chi connectivity index (χ3v) is 2.63. The van der Waals surface area contributed by atoms with Gasteiger partial charge in [0.25, 0.3) is 0 Å². The first-order valence-electron chi connectivity index (χ1n) is 5.08. The van der Waals surface area contributed by atoms with Crippen LogP contribution in [0.4, 0.5) is 5.82 Å². The van der Waals surface area contributed by atoms with E-state index in [-0.39, 0.29) is 6.10 Å². The molecule has 0 atom stereocenters. The van der Waals surface area contributed by atoms with Crippen LogP contribution in [0.15, 0.2) is 12.4 Å². The summed E-state index contributed by atoms with van der Waals surface area (Å²) in [6.45, 7) is 1.67. The van der Waals surface area contributed by atoms with E-state index in [2.05, 4.69) is 14.9 Å². The molecule has 5 heteroatoms. The lowest BCUT2D eigenvalue weighted by atomic mass is 10.1. The molecule has 1 aromatic rings. The van der Waals surface area contributed by atoms with Gasteiger partial charge in [0, 0.05) is 19.2 Å². The van der Waals surface area contributed by atoms with Crippen molar-refractivity contribution in [2.45, 2.75) is 18.9 Å². The molecular formula is C10H15N3O2. The van der Waals surface area contributed by atoms with Gasteiger partial charge in [-0.2, -0.15) is 0 Å². The molecule has 15 heavy (non-hydrogen) atoms. The van der Waals surface area contributed by atoms with Crippen molar-refractivity contribution in [1.29, 1.82) is 0 Å². The van der Waals surface area contributed by atoms with Crippen molar-refractivity contribution >= 4 is 5.82 Å². The molecule has 5 nitrogen and oxygen atoms in total. The van der Waals surface area contributed by atoms with Gasteiger partial charge in [0.05, 0.1) is 13.2 Å². The molecular weight excluding hydrogens is 194 g/mol. The normalized spacial score (nSPS) is 17.9. The third kappa shape index (κ3) is 2.36. The van der Waals surface area contributed by atoms with E-state index in [1.165, 1.54) is 6.33 Å². The number of nitrogens with zero attached hydrogens (tertiary/aromatic N) is 3. The Morgan fingerprint density at radius 3 is 2.80 bits per heavy atom. The van der Waals surface area contributed by atoms with E-state index < -0.39 is 0 Å². The Morgan fingerprint density at radius 2 is 2.13 bits per heavy atom. The zero-order valence-electron chi connectivity index (χ0n) is 8.76. The second-order valence-corrected chi connectivity index (χ2v) is 3.64. The molecule has 1 N–H and O–H groups in total. The maximum absolute atomic E-state index is 9.39. The van der Waals surface area contributed by atoms with Gasteiger partial charge < -0.3 is 14.7 Å². The molecule has 0 bridgehead atoms. The number of aromatic nitrogens is 2. The van der Waals surface area contributed by atoms with Crippen LogP contribution in [0.25, 0.3) is 0 Å². The molecule has 0 spiro atoms. The van der Waals surface area contributed by atoms with Crippen molar-refractivity contribution in [3.05, 3.63) is 12.4 Å². The van der Waals surface area contributed by atoms with Gasteiger partial charge in [-0.05, 0) is 12.8 Å². The number of methoxy groups -OCH3 is 1. The summed E-state index contributed by atoms with van der Waals surface area (Å²) < 4.78 is 5.04. The Balaban J connectivity index is 2.08. The largest absolute Gasteiger partial charge is 0.481 e. The van der Waals surface area contributed by atoms with E-state index in [4.69, 9.17) is 4.74 Å². The monoisotopic (exact) mass is 209 g/mol. The van der Waals surface area contributed by atoms with E-state index >= 15 is 0 Å². The summed E-state index contributed by atoms with van der Waals surface area (Å²) in [4.78, 5) is 10.3. The Hall–Kier alpha value is -1.36. The van der Waals surface area contributed by atoms with E-state index in [1.54, 1.807) is 7.11 Å². The highest BCUT2D eigenvalue weighted by Crippen LogP contribution is 2.19. The highest BCUT2D eigenvalue weighted by atomic mass is 16.5. The summed E-state index contributed by atoms with van der Waals surface area (Å²) in [5.74, 6) is 1.44. The lowest BCUT2D eigenvalue weighted by Gasteiger charge is -2.30. The lowest BCUT2D eigenvalue weighted by molar-refractivity contribution is 0.145. The van der Waals surface area contributed by atoms with Crippen molar-refractivity contribution < 1.29 is 9.84 Å². The minimum atomic E-state index is -0.162. The van der Waals surface area contributed by atoms with Gasteiger partial charge in [-0.3, -0.25) is 0 Å². The second-order valence-electron chi connectivity index (χ2n) is 3.64. The van der Waals surface area contributed by atoms with Crippen LogP contribution >= 0.6 is 0 Å². The van der Waals surface area contributed by atoms with Crippen molar-refractivity contribution in [3.8, 4) is 5.88 Å². The number of hydrogen-bond donors (Lipinski definition) is 1. The van der Waals surface area contributed by atoms with Gasteiger partial charge in [0.1, 0.15) is 12.1 Å². The van der Waals surface area contributed by atoms with Gasteiger partial charge in [0.15, 0.2) is 0 Å². The SMILES string of the molecule is COc1cc(N2CCC(O)CC2)ncn1. The van der Waals surface area contributed by atoms with Crippen molar-refractivity contribution in [3.63, 3.8) is 0 Å². The number of piperidine rings is 1. The van der Waals surface area contributed by atoms with Crippen LogP contribution in [0, 0.1) is 0 Å². The Labute approximate surface area is 88.7 Å². The molecule has 1 aliphatic rings. The van der Waals surface area contributed by atoms with Crippen molar-refractivity contribution in [2.24, 2.45) is 0 Å². The highest BCUT2D eigenvalue weighted by Gasteiger charge is 2.18. The quantitative estimate of drug-likeness (QED) is 0.766. The molecule has 2 heterocycles. The molecule has 1 aromatic heterocycles. The van der Waals surface area contributed by atoms with Crippen molar-refractivity contribution in [2.75, 3.05) is 25.1 Å². The fraction of sp³-hybridized carbons (Fsp3) is 0.600. The number of aliphatic hydroxyl groups is 1. The summed E-state index contributed by atoms with van der Waals surface area (Å²) in [5.41, 5.74) is 0. The number of ether oxygens (including phenoxy) is 1. The average molecular weight is 209 g/mol. The zero-order valence-corrected chi connectivity index (χ0v) is 8.76. The third-order valence-electron chi connectivity index (χ3n) is 2.63. The predicted molar refractivity (Wildman–Crippen MR) is 56.0 cm³/mol. The van der Waals surface area contributed by atoms with Gasteiger partial charge in [-0.25, -0.2) is 9.97 Å². The number of aliphatic hydroxyl groups excluding tert-OH is 1.